The maximum absolute atomic E-state index is 12.8. The quantitative estimate of drug-likeness (QED) is 0.550. The Balaban J connectivity index is 1.51. The number of hydrogen-bond donors (Lipinski definition) is 2. The number of nitrogens with one attached hydrogen (secondary N) is 2. The Morgan fingerprint density at radius 1 is 1.21 bits per heavy atom. The number of thiophene rings is 1. The van der Waals surface area contributed by atoms with Gasteiger partial charge in [0.05, 0.1) is 10.5 Å². The predicted octanol–water partition coefficient (Wildman–Crippen LogP) is 5.00. The van der Waals surface area contributed by atoms with E-state index in [1.807, 2.05) is 12.2 Å². The van der Waals surface area contributed by atoms with Gasteiger partial charge >= 0.3 is 0 Å². The lowest BCUT2D eigenvalue weighted by Gasteiger charge is -2.34. The van der Waals surface area contributed by atoms with E-state index in [1.54, 1.807) is 23.5 Å². The van der Waals surface area contributed by atoms with Crippen molar-refractivity contribution < 1.29 is 9.72 Å². The van der Waals surface area contributed by atoms with Crippen LogP contribution in [0.3, 0.4) is 0 Å². The minimum atomic E-state index is -0.416. The molecule has 1 aliphatic carbocycles. The molecule has 0 saturated carbocycles. The molecule has 0 spiro atoms. The van der Waals surface area contributed by atoms with Crippen molar-refractivity contribution in [3.63, 3.8) is 0 Å². The van der Waals surface area contributed by atoms with Crippen molar-refractivity contribution in [3.8, 4) is 0 Å². The van der Waals surface area contributed by atoms with Crippen LogP contribution in [0.25, 0.3) is 6.08 Å². The Morgan fingerprint density at radius 2 is 1.93 bits per heavy atom. The van der Waals surface area contributed by atoms with Crippen LogP contribution in [0.4, 0.5) is 10.7 Å². The number of nitro groups is 1. The van der Waals surface area contributed by atoms with E-state index in [9.17, 15) is 14.9 Å². The largest absolute Gasteiger partial charge is 0.353 e. The number of nitro benzene ring substituents is 1. The van der Waals surface area contributed by atoms with Crippen molar-refractivity contribution >= 4 is 34.0 Å². The SMILES string of the molecule is CC(C)(C)[C@H]1CCc2c(sc3c2C(=O)N[C@@H](/C=C/c2ccc([N+](=O)[O-])cc2)N3)C1. The number of amides is 1. The smallest absolute Gasteiger partial charge is 0.269 e. The summed E-state index contributed by atoms with van der Waals surface area (Å²) in [6, 6.07) is 6.34. The third kappa shape index (κ3) is 3.92. The molecule has 1 amide bonds. The zero-order valence-electron chi connectivity index (χ0n) is 16.8. The maximum atomic E-state index is 12.8. The average Bonchev–Trinajstić information content (AvgIpc) is 3.04. The van der Waals surface area contributed by atoms with E-state index < -0.39 is 4.92 Å². The van der Waals surface area contributed by atoms with E-state index >= 15 is 0 Å². The molecule has 2 heterocycles. The zero-order valence-corrected chi connectivity index (χ0v) is 17.6. The summed E-state index contributed by atoms with van der Waals surface area (Å²) >= 11 is 1.71. The summed E-state index contributed by atoms with van der Waals surface area (Å²) in [7, 11) is 0. The second-order valence-electron chi connectivity index (χ2n) is 8.82. The maximum Gasteiger partial charge on any atom is 0.269 e. The van der Waals surface area contributed by atoms with Crippen molar-refractivity contribution in [2.75, 3.05) is 5.32 Å². The Morgan fingerprint density at radius 3 is 2.59 bits per heavy atom. The molecule has 1 aliphatic heterocycles. The fraction of sp³-hybridized carbons (Fsp3) is 0.409. The summed E-state index contributed by atoms with van der Waals surface area (Å²) in [4.78, 5) is 24.5. The Kier molecular flexibility index (Phi) is 4.94. The summed E-state index contributed by atoms with van der Waals surface area (Å²) < 4.78 is 0. The van der Waals surface area contributed by atoms with E-state index in [-0.39, 0.29) is 23.2 Å². The van der Waals surface area contributed by atoms with Gasteiger partial charge in [-0.05, 0) is 59.9 Å². The Labute approximate surface area is 174 Å². The van der Waals surface area contributed by atoms with E-state index in [0.29, 0.717) is 5.92 Å². The van der Waals surface area contributed by atoms with Crippen LogP contribution in [0.5, 0.6) is 0 Å². The molecule has 2 N–H and O–H groups in total. The van der Waals surface area contributed by atoms with Crippen LogP contribution >= 0.6 is 11.3 Å². The van der Waals surface area contributed by atoms with Gasteiger partial charge in [0.25, 0.3) is 11.6 Å². The minimum absolute atomic E-state index is 0.0243. The van der Waals surface area contributed by atoms with Gasteiger partial charge in [0, 0.05) is 17.0 Å². The number of non-ortho nitro benzene ring substituents is 1. The van der Waals surface area contributed by atoms with Gasteiger partial charge in [-0.1, -0.05) is 26.8 Å². The molecule has 0 bridgehead atoms. The molecule has 6 nitrogen and oxygen atoms in total. The lowest BCUT2D eigenvalue weighted by Crippen LogP contribution is -2.43. The number of nitrogens with zero attached hydrogens (tertiary/aromatic N) is 1. The van der Waals surface area contributed by atoms with Crippen LogP contribution in [0.2, 0.25) is 0 Å². The molecule has 0 saturated heterocycles. The number of carbonyl (C=O) groups is 1. The average molecular weight is 412 g/mol. The van der Waals surface area contributed by atoms with Crippen molar-refractivity contribution in [2.24, 2.45) is 11.3 Å². The van der Waals surface area contributed by atoms with Gasteiger partial charge in [0.15, 0.2) is 0 Å². The van der Waals surface area contributed by atoms with Gasteiger partial charge in [-0.15, -0.1) is 11.3 Å². The molecule has 2 aromatic rings. The van der Waals surface area contributed by atoms with Crippen molar-refractivity contribution in [3.05, 3.63) is 62.0 Å². The van der Waals surface area contributed by atoms with Gasteiger partial charge in [-0.2, -0.15) is 0 Å². The molecule has 4 rings (SSSR count). The molecule has 0 radical (unpaired) electrons. The van der Waals surface area contributed by atoms with Gasteiger partial charge in [0.2, 0.25) is 0 Å². The standard InChI is InChI=1S/C22H25N3O3S/c1-22(2,3)14-7-10-16-17(12-14)29-21-19(16)20(26)23-18(24-21)11-6-13-4-8-15(9-5-13)25(27)28/h4-6,8-9,11,14,18,24H,7,10,12H2,1-3H3,(H,23,26)/b11-6+/t14-,18+/m0/s1. The predicted molar refractivity (Wildman–Crippen MR) is 116 cm³/mol. The second kappa shape index (κ2) is 7.30. The number of anilines is 1. The molecule has 29 heavy (non-hydrogen) atoms. The molecule has 7 heteroatoms. The first-order valence-electron chi connectivity index (χ1n) is 9.87. The topological polar surface area (TPSA) is 84.3 Å². The lowest BCUT2D eigenvalue weighted by molar-refractivity contribution is -0.384. The third-order valence-corrected chi connectivity index (χ3v) is 7.06. The lowest BCUT2D eigenvalue weighted by atomic mass is 9.72. The van der Waals surface area contributed by atoms with Gasteiger partial charge < -0.3 is 10.6 Å². The number of hydrogen-bond acceptors (Lipinski definition) is 5. The molecular weight excluding hydrogens is 386 g/mol. The number of benzene rings is 1. The molecule has 2 atom stereocenters. The summed E-state index contributed by atoms with van der Waals surface area (Å²) in [5, 5.41) is 18.2. The Bertz CT molecular complexity index is 986. The second-order valence-corrected chi connectivity index (χ2v) is 9.92. The van der Waals surface area contributed by atoms with E-state index in [1.165, 1.54) is 22.6 Å². The molecule has 1 aromatic carbocycles. The van der Waals surface area contributed by atoms with Crippen molar-refractivity contribution in [1.29, 1.82) is 0 Å². The fourth-order valence-corrected chi connectivity index (χ4v) is 5.43. The number of carbonyl (C=O) groups excluding carboxylic acids is 1. The van der Waals surface area contributed by atoms with Crippen LogP contribution in [0.15, 0.2) is 30.3 Å². The summed E-state index contributed by atoms with van der Waals surface area (Å²) in [6.07, 6.45) is 6.55. The molecule has 1 aromatic heterocycles. The van der Waals surface area contributed by atoms with E-state index in [0.717, 1.165) is 35.4 Å². The van der Waals surface area contributed by atoms with Gasteiger partial charge in [-0.25, -0.2) is 0 Å². The van der Waals surface area contributed by atoms with Crippen molar-refractivity contribution in [2.45, 2.75) is 46.2 Å². The highest BCUT2D eigenvalue weighted by molar-refractivity contribution is 7.16. The van der Waals surface area contributed by atoms with Crippen molar-refractivity contribution in [1.82, 2.24) is 5.32 Å². The molecule has 0 unspecified atom stereocenters. The van der Waals surface area contributed by atoms with Crippen LogP contribution < -0.4 is 10.6 Å². The van der Waals surface area contributed by atoms with Crippen LogP contribution in [0, 0.1) is 21.4 Å². The third-order valence-electron chi connectivity index (χ3n) is 5.88. The highest BCUT2D eigenvalue weighted by Crippen LogP contribution is 2.45. The monoisotopic (exact) mass is 411 g/mol. The first-order valence-corrected chi connectivity index (χ1v) is 10.7. The summed E-state index contributed by atoms with van der Waals surface area (Å²) in [5.74, 6) is 0.611. The van der Waals surface area contributed by atoms with Crippen LogP contribution in [-0.2, 0) is 12.8 Å². The highest BCUT2D eigenvalue weighted by atomic mass is 32.1. The number of fused-ring (bicyclic) bond motifs is 3. The highest BCUT2D eigenvalue weighted by Gasteiger charge is 2.35. The fourth-order valence-electron chi connectivity index (χ4n) is 4.07. The first-order chi connectivity index (χ1) is 13.7. The number of rotatable bonds is 3. The normalized spacial score (nSPS) is 21.3. The minimum Gasteiger partial charge on any atom is -0.353 e. The van der Waals surface area contributed by atoms with Gasteiger partial charge in [-0.3, -0.25) is 14.9 Å². The summed E-state index contributed by atoms with van der Waals surface area (Å²) in [5.41, 5.74) is 3.21. The summed E-state index contributed by atoms with van der Waals surface area (Å²) in [6.45, 7) is 6.88. The molecule has 2 aliphatic rings. The molecule has 152 valence electrons. The molecule has 0 fully saturated rings. The van der Waals surface area contributed by atoms with E-state index in [4.69, 9.17) is 0 Å². The zero-order chi connectivity index (χ0) is 20.8. The first kappa shape index (κ1) is 19.6. The van der Waals surface area contributed by atoms with E-state index in [2.05, 4.69) is 31.4 Å². The van der Waals surface area contributed by atoms with Crippen LogP contribution in [-0.4, -0.2) is 17.0 Å². The van der Waals surface area contributed by atoms with Crippen LogP contribution in [0.1, 0.15) is 53.6 Å². The molecular formula is C22H25N3O3S. The van der Waals surface area contributed by atoms with Gasteiger partial charge in [0.1, 0.15) is 11.2 Å². The Hall–Kier alpha value is -2.67.